The molecular formula is C10H11NO2. The third kappa shape index (κ3) is 1.27. The molecule has 0 saturated carbocycles. The summed E-state index contributed by atoms with van der Waals surface area (Å²) in [5, 5.41) is 0. The lowest BCUT2D eigenvalue weighted by atomic mass is 10.1. The van der Waals surface area contributed by atoms with Gasteiger partial charge in [0.1, 0.15) is 12.5 Å². The fraction of sp³-hybridized carbons (Fsp3) is 0.200. The van der Waals surface area contributed by atoms with E-state index in [2.05, 4.69) is 0 Å². The minimum absolute atomic E-state index is 0.296. The van der Waals surface area contributed by atoms with Crippen molar-refractivity contribution in [3.63, 3.8) is 0 Å². The van der Waals surface area contributed by atoms with E-state index in [0.717, 1.165) is 5.56 Å². The molecule has 1 aromatic rings. The molecule has 3 heteroatoms. The van der Waals surface area contributed by atoms with Gasteiger partial charge < -0.3 is 15.2 Å². The molecule has 0 saturated heterocycles. The number of ether oxygens (including phenoxy) is 2. The molecule has 1 aliphatic rings. The normalized spacial score (nSPS) is 17.9. The van der Waals surface area contributed by atoms with Gasteiger partial charge in [0.05, 0.1) is 6.54 Å². The van der Waals surface area contributed by atoms with Gasteiger partial charge in [0, 0.05) is 5.56 Å². The van der Waals surface area contributed by atoms with Gasteiger partial charge in [-0.15, -0.1) is 0 Å². The highest BCUT2D eigenvalue weighted by molar-refractivity contribution is 5.22. The Morgan fingerprint density at radius 2 is 1.69 bits per heavy atom. The summed E-state index contributed by atoms with van der Waals surface area (Å²) in [5.74, 6) is -0.804. The second kappa shape index (κ2) is 3.11. The molecule has 0 amide bonds. The molecule has 0 radical (unpaired) electrons. The predicted molar refractivity (Wildman–Crippen MR) is 48.5 cm³/mol. The van der Waals surface area contributed by atoms with Crippen molar-refractivity contribution >= 4 is 0 Å². The molecule has 3 nitrogen and oxygen atoms in total. The first-order chi connectivity index (χ1) is 6.37. The summed E-state index contributed by atoms with van der Waals surface area (Å²) in [5.41, 5.74) is 6.54. The molecule has 68 valence electrons. The zero-order valence-corrected chi connectivity index (χ0v) is 7.14. The van der Waals surface area contributed by atoms with Gasteiger partial charge >= 0.3 is 0 Å². The minimum Gasteiger partial charge on any atom is -0.452 e. The summed E-state index contributed by atoms with van der Waals surface area (Å²) in [6.45, 7) is 0.296. The number of rotatable bonds is 2. The van der Waals surface area contributed by atoms with Crippen molar-refractivity contribution in [3.8, 4) is 0 Å². The van der Waals surface area contributed by atoms with Crippen LogP contribution >= 0.6 is 0 Å². The molecule has 2 rings (SSSR count). The number of hydrogen-bond donors (Lipinski definition) is 1. The average molecular weight is 177 g/mol. The van der Waals surface area contributed by atoms with Crippen molar-refractivity contribution in [2.75, 3.05) is 6.54 Å². The quantitative estimate of drug-likeness (QED) is 0.740. The maximum Gasteiger partial charge on any atom is 0.289 e. The Balaban J connectivity index is 2.32. The van der Waals surface area contributed by atoms with Crippen LogP contribution in [0.4, 0.5) is 0 Å². The maximum absolute atomic E-state index is 5.61. The molecule has 1 aliphatic heterocycles. The van der Waals surface area contributed by atoms with Crippen molar-refractivity contribution in [2.24, 2.45) is 5.73 Å². The number of benzene rings is 1. The maximum atomic E-state index is 5.61. The van der Waals surface area contributed by atoms with Crippen LogP contribution in [0, 0.1) is 0 Å². The van der Waals surface area contributed by atoms with E-state index in [-0.39, 0.29) is 0 Å². The fourth-order valence-electron chi connectivity index (χ4n) is 1.35. The molecule has 0 aromatic heterocycles. The zero-order chi connectivity index (χ0) is 9.15. The SMILES string of the molecule is NCC1(c2ccccc2)OC=CO1. The van der Waals surface area contributed by atoms with Gasteiger partial charge in [-0.1, -0.05) is 30.3 Å². The van der Waals surface area contributed by atoms with Crippen LogP contribution in [0.1, 0.15) is 5.56 Å². The Hall–Kier alpha value is -1.48. The monoisotopic (exact) mass is 177 g/mol. The Labute approximate surface area is 76.8 Å². The standard InChI is InChI=1S/C10H11NO2/c11-8-10(12-6-7-13-10)9-4-2-1-3-5-9/h1-7H,8,11H2. The third-order valence-electron chi connectivity index (χ3n) is 2.05. The van der Waals surface area contributed by atoms with Crippen LogP contribution in [-0.4, -0.2) is 6.54 Å². The average Bonchev–Trinajstić information content (AvgIpc) is 2.69. The van der Waals surface area contributed by atoms with E-state index in [4.69, 9.17) is 15.2 Å². The largest absolute Gasteiger partial charge is 0.452 e. The molecule has 0 unspecified atom stereocenters. The lowest BCUT2D eigenvalue weighted by molar-refractivity contribution is -0.140. The molecule has 13 heavy (non-hydrogen) atoms. The third-order valence-corrected chi connectivity index (χ3v) is 2.05. The van der Waals surface area contributed by atoms with E-state index in [9.17, 15) is 0 Å². The van der Waals surface area contributed by atoms with Gasteiger partial charge in [-0.3, -0.25) is 0 Å². The molecule has 0 aliphatic carbocycles. The summed E-state index contributed by atoms with van der Waals surface area (Å²) in [7, 11) is 0. The highest BCUT2D eigenvalue weighted by Gasteiger charge is 2.36. The van der Waals surface area contributed by atoms with E-state index in [1.165, 1.54) is 12.5 Å². The first kappa shape index (κ1) is 8.13. The van der Waals surface area contributed by atoms with Gasteiger partial charge in [-0.05, 0) is 0 Å². The number of nitrogens with two attached hydrogens (primary N) is 1. The highest BCUT2D eigenvalue weighted by Crippen LogP contribution is 2.30. The first-order valence-electron chi connectivity index (χ1n) is 4.14. The van der Waals surface area contributed by atoms with Crippen LogP contribution in [0.2, 0.25) is 0 Å². The molecule has 1 heterocycles. The lowest BCUT2D eigenvalue weighted by Gasteiger charge is -2.26. The molecule has 0 fully saturated rings. The van der Waals surface area contributed by atoms with E-state index in [1.807, 2.05) is 30.3 Å². The van der Waals surface area contributed by atoms with E-state index in [0.29, 0.717) is 6.54 Å². The smallest absolute Gasteiger partial charge is 0.289 e. The molecule has 0 bridgehead atoms. The van der Waals surface area contributed by atoms with Crippen LogP contribution in [-0.2, 0) is 15.3 Å². The number of hydrogen-bond acceptors (Lipinski definition) is 3. The van der Waals surface area contributed by atoms with Gasteiger partial charge in [0.15, 0.2) is 0 Å². The van der Waals surface area contributed by atoms with Crippen molar-refractivity contribution in [3.05, 3.63) is 48.4 Å². The van der Waals surface area contributed by atoms with Gasteiger partial charge in [0.2, 0.25) is 0 Å². The Morgan fingerprint density at radius 3 is 2.23 bits per heavy atom. The van der Waals surface area contributed by atoms with Crippen LogP contribution in [0.5, 0.6) is 0 Å². The Bertz CT molecular complexity index is 300. The first-order valence-corrected chi connectivity index (χ1v) is 4.14. The second-order valence-corrected chi connectivity index (χ2v) is 2.83. The lowest BCUT2D eigenvalue weighted by Crippen LogP contribution is -2.35. The van der Waals surface area contributed by atoms with Crippen molar-refractivity contribution in [1.82, 2.24) is 0 Å². The Morgan fingerprint density at radius 1 is 1.08 bits per heavy atom. The van der Waals surface area contributed by atoms with E-state index < -0.39 is 5.79 Å². The van der Waals surface area contributed by atoms with E-state index in [1.54, 1.807) is 0 Å². The summed E-state index contributed by atoms with van der Waals surface area (Å²) in [6, 6.07) is 9.66. The second-order valence-electron chi connectivity index (χ2n) is 2.83. The van der Waals surface area contributed by atoms with Crippen LogP contribution in [0.15, 0.2) is 42.9 Å². The Kier molecular flexibility index (Phi) is 1.94. The summed E-state index contributed by atoms with van der Waals surface area (Å²) >= 11 is 0. The molecule has 2 N–H and O–H groups in total. The summed E-state index contributed by atoms with van der Waals surface area (Å²) in [4.78, 5) is 0. The molecular weight excluding hydrogens is 166 g/mol. The fourth-order valence-corrected chi connectivity index (χ4v) is 1.35. The van der Waals surface area contributed by atoms with Gasteiger partial charge in [-0.25, -0.2) is 0 Å². The van der Waals surface area contributed by atoms with Gasteiger partial charge in [-0.2, -0.15) is 0 Å². The van der Waals surface area contributed by atoms with Crippen LogP contribution in [0.25, 0.3) is 0 Å². The van der Waals surface area contributed by atoms with Crippen LogP contribution in [0.3, 0.4) is 0 Å². The molecule has 0 spiro atoms. The molecule has 1 aromatic carbocycles. The zero-order valence-electron chi connectivity index (χ0n) is 7.14. The van der Waals surface area contributed by atoms with Crippen molar-refractivity contribution in [1.29, 1.82) is 0 Å². The highest BCUT2D eigenvalue weighted by atomic mass is 16.7. The predicted octanol–water partition coefficient (Wildman–Crippen LogP) is 1.32. The van der Waals surface area contributed by atoms with Crippen molar-refractivity contribution in [2.45, 2.75) is 5.79 Å². The van der Waals surface area contributed by atoms with Crippen molar-refractivity contribution < 1.29 is 9.47 Å². The summed E-state index contributed by atoms with van der Waals surface area (Å²) < 4.78 is 10.7. The minimum atomic E-state index is -0.804. The van der Waals surface area contributed by atoms with E-state index >= 15 is 0 Å². The summed E-state index contributed by atoms with van der Waals surface area (Å²) in [6.07, 6.45) is 3.03. The molecule has 0 atom stereocenters. The topological polar surface area (TPSA) is 44.5 Å². The van der Waals surface area contributed by atoms with Crippen LogP contribution < -0.4 is 5.73 Å². The van der Waals surface area contributed by atoms with Gasteiger partial charge in [0.25, 0.3) is 5.79 Å².